The van der Waals surface area contributed by atoms with E-state index in [1.165, 1.54) is 0 Å². The normalized spacial score (nSPS) is 17.6. The number of aryl methyl sites for hydroxylation is 3. The standard InChI is InChI=1S/C18H25N3O3S/c1-14-5-6-15(2)18(11-14)25(22,23)21-8-4-7-20(9-10-21)13-17-12-16(3)24-19-17/h5-6,11-12H,4,7-10,13H2,1-3H3. The molecule has 0 radical (unpaired) electrons. The van der Waals surface area contributed by atoms with Crippen LogP contribution >= 0.6 is 0 Å². The molecular formula is C18H25N3O3S. The summed E-state index contributed by atoms with van der Waals surface area (Å²) in [5.41, 5.74) is 2.65. The highest BCUT2D eigenvalue weighted by Gasteiger charge is 2.28. The Bertz CT molecular complexity index is 845. The molecular weight excluding hydrogens is 338 g/mol. The molecule has 1 aliphatic rings. The second-order valence-corrected chi connectivity index (χ2v) is 8.64. The van der Waals surface area contributed by atoms with E-state index in [0.717, 1.165) is 35.5 Å². The molecule has 6 nitrogen and oxygen atoms in total. The van der Waals surface area contributed by atoms with Gasteiger partial charge in [0.05, 0.1) is 10.6 Å². The Hall–Kier alpha value is -1.70. The molecule has 0 atom stereocenters. The molecule has 1 saturated heterocycles. The fraction of sp³-hybridized carbons (Fsp3) is 0.500. The van der Waals surface area contributed by atoms with Crippen molar-refractivity contribution in [2.45, 2.75) is 38.6 Å². The van der Waals surface area contributed by atoms with Gasteiger partial charge in [0, 0.05) is 32.2 Å². The summed E-state index contributed by atoms with van der Waals surface area (Å²) in [6, 6.07) is 7.51. The van der Waals surface area contributed by atoms with E-state index in [9.17, 15) is 8.42 Å². The Morgan fingerprint density at radius 2 is 1.88 bits per heavy atom. The van der Waals surface area contributed by atoms with E-state index in [4.69, 9.17) is 4.52 Å². The van der Waals surface area contributed by atoms with Crippen LogP contribution in [0.3, 0.4) is 0 Å². The topological polar surface area (TPSA) is 66.7 Å². The average Bonchev–Trinajstić information content (AvgIpc) is 2.82. The highest BCUT2D eigenvalue weighted by molar-refractivity contribution is 7.89. The summed E-state index contributed by atoms with van der Waals surface area (Å²) in [5, 5.41) is 4.03. The lowest BCUT2D eigenvalue weighted by Gasteiger charge is -2.22. The van der Waals surface area contributed by atoms with Crippen molar-refractivity contribution in [3.05, 3.63) is 46.8 Å². The summed E-state index contributed by atoms with van der Waals surface area (Å²) in [6.07, 6.45) is 0.806. The summed E-state index contributed by atoms with van der Waals surface area (Å²) in [7, 11) is -3.46. The van der Waals surface area contributed by atoms with Crippen LogP contribution in [-0.4, -0.2) is 49.0 Å². The van der Waals surface area contributed by atoms with Gasteiger partial charge in [-0.25, -0.2) is 8.42 Å². The molecule has 0 spiro atoms. The predicted octanol–water partition coefficient (Wildman–Crippen LogP) is 2.50. The Labute approximate surface area is 149 Å². The molecule has 0 N–H and O–H groups in total. The minimum atomic E-state index is -3.46. The van der Waals surface area contributed by atoms with Crippen LogP contribution in [0.4, 0.5) is 0 Å². The van der Waals surface area contributed by atoms with Crippen molar-refractivity contribution in [1.82, 2.24) is 14.4 Å². The molecule has 1 fully saturated rings. The zero-order chi connectivity index (χ0) is 18.0. The Kier molecular flexibility index (Phi) is 5.27. The van der Waals surface area contributed by atoms with Crippen LogP contribution in [0.1, 0.15) is 29.0 Å². The molecule has 0 bridgehead atoms. The summed E-state index contributed by atoms with van der Waals surface area (Å²) in [5.74, 6) is 0.795. The molecule has 0 amide bonds. The molecule has 3 rings (SSSR count). The second kappa shape index (κ2) is 7.27. The van der Waals surface area contributed by atoms with Gasteiger partial charge in [-0.2, -0.15) is 4.31 Å². The van der Waals surface area contributed by atoms with Gasteiger partial charge in [-0.15, -0.1) is 0 Å². The van der Waals surface area contributed by atoms with E-state index in [1.54, 1.807) is 10.4 Å². The average molecular weight is 363 g/mol. The Morgan fingerprint density at radius 1 is 1.08 bits per heavy atom. The van der Waals surface area contributed by atoms with Crippen LogP contribution in [-0.2, 0) is 16.6 Å². The molecule has 2 heterocycles. The van der Waals surface area contributed by atoms with Crippen LogP contribution in [0.15, 0.2) is 33.7 Å². The first-order chi connectivity index (χ1) is 11.9. The van der Waals surface area contributed by atoms with Gasteiger partial charge in [-0.1, -0.05) is 17.3 Å². The van der Waals surface area contributed by atoms with E-state index in [2.05, 4.69) is 10.1 Å². The highest BCUT2D eigenvalue weighted by atomic mass is 32.2. The first kappa shape index (κ1) is 18.1. The second-order valence-electron chi connectivity index (χ2n) is 6.73. The van der Waals surface area contributed by atoms with Gasteiger partial charge in [0.15, 0.2) is 0 Å². The number of hydrogen-bond donors (Lipinski definition) is 0. The van der Waals surface area contributed by atoms with Gasteiger partial charge in [-0.05, 0) is 50.9 Å². The van der Waals surface area contributed by atoms with Gasteiger partial charge in [0.25, 0.3) is 0 Å². The van der Waals surface area contributed by atoms with Gasteiger partial charge in [0.2, 0.25) is 10.0 Å². The molecule has 2 aromatic rings. The van der Waals surface area contributed by atoms with Crippen molar-refractivity contribution in [3.8, 4) is 0 Å². The molecule has 1 aromatic heterocycles. The van der Waals surface area contributed by atoms with Crippen molar-refractivity contribution in [3.63, 3.8) is 0 Å². The first-order valence-electron chi connectivity index (χ1n) is 8.58. The van der Waals surface area contributed by atoms with Gasteiger partial charge in [-0.3, -0.25) is 4.90 Å². The minimum Gasteiger partial charge on any atom is -0.361 e. The van der Waals surface area contributed by atoms with Crippen LogP contribution in [0.5, 0.6) is 0 Å². The third kappa shape index (κ3) is 4.11. The van der Waals surface area contributed by atoms with Gasteiger partial charge in [0.1, 0.15) is 5.76 Å². The maximum atomic E-state index is 13.1. The number of nitrogens with zero attached hydrogens (tertiary/aromatic N) is 3. The van der Waals surface area contributed by atoms with Crippen LogP contribution in [0, 0.1) is 20.8 Å². The van der Waals surface area contributed by atoms with E-state index < -0.39 is 10.0 Å². The monoisotopic (exact) mass is 363 g/mol. The number of rotatable bonds is 4. The summed E-state index contributed by atoms with van der Waals surface area (Å²) < 4.78 is 32.8. The van der Waals surface area contributed by atoms with Crippen molar-refractivity contribution in [2.24, 2.45) is 0 Å². The Morgan fingerprint density at radius 3 is 2.60 bits per heavy atom. The number of hydrogen-bond acceptors (Lipinski definition) is 5. The van der Waals surface area contributed by atoms with E-state index in [-0.39, 0.29) is 0 Å². The number of aromatic nitrogens is 1. The third-order valence-corrected chi connectivity index (χ3v) is 6.61. The molecule has 1 aliphatic heterocycles. The van der Waals surface area contributed by atoms with E-state index >= 15 is 0 Å². The zero-order valence-corrected chi connectivity index (χ0v) is 15.8. The summed E-state index contributed by atoms with van der Waals surface area (Å²) in [6.45, 7) is 8.91. The zero-order valence-electron chi connectivity index (χ0n) is 15.0. The maximum Gasteiger partial charge on any atom is 0.243 e. The fourth-order valence-electron chi connectivity index (χ4n) is 3.19. The molecule has 0 aliphatic carbocycles. The molecule has 0 saturated carbocycles. The maximum absolute atomic E-state index is 13.1. The molecule has 25 heavy (non-hydrogen) atoms. The molecule has 0 unspecified atom stereocenters. The summed E-state index contributed by atoms with van der Waals surface area (Å²) in [4.78, 5) is 2.66. The van der Waals surface area contributed by atoms with E-state index in [0.29, 0.717) is 31.1 Å². The van der Waals surface area contributed by atoms with Crippen molar-refractivity contribution < 1.29 is 12.9 Å². The fourth-order valence-corrected chi connectivity index (χ4v) is 4.97. The first-order valence-corrected chi connectivity index (χ1v) is 10.0. The minimum absolute atomic E-state index is 0.424. The van der Waals surface area contributed by atoms with Crippen molar-refractivity contribution >= 4 is 10.0 Å². The number of sulfonamides is 1. The SMILES string of the molecule is Cc1ccc(C)c(S(=O)(=O)N2CCCN(Cc3cc(C)on3)CC2)c1. The van der Waals surface area contributed by atoms with Crippen LogP contribution in [0.25, 0.3) is 0 Å². The van der Waals surface area contributed by atoms with Gasteiger partial charge < -0.3 is 4.52 Å². The predicted molar refractivity (Wildman–Crippen MR) is 95.8 cm³/mol. The quantitative estimate of drug-likeness (QED) is 0.835. The smallest absolute Gasteiger partial charge is 0.243 e. The van der Waals surface area contributed by atoms with Crippen molar-refractivity contribution in [1.29, 1.82) is 0 Å². The van der Waals surface area contributed by atoms with Crippen molar-refractivity contribution in [2.75, 3.05) is 26.2 Å². The molecule has 136 valence electrons. The molecule has 1 aromatic carbocycles. The van der Waals surface area contributed by atoms with Gasteiger partial charge >= 0.3 is 0 Å². The largest absolute Gasteiger partial charge is 0.361 e. The third-order valence-electron chi connectivity index (χ3n) is 4.57. The van der Waals surface area contributed by atoms with Crippen LogP contribution < -0.4 is 0 Å². The summed E-state index contributed by atoms with van der Waals surface area (Å²) >= 11 is 0. The van der Waals surface area contributed by atoms with Crippen LogP contribution in [0.2, 0.25) is 0 Å². The number of benzene rings is 1. The molecule has 7 heteroatoms. The lowest BCUT2D eigenvalue weighted by atomic mass is 10.2. The lowest BCUT2D eigenvalue weighted by molar-refractivity contribution is 0.268. The lowest BCUT2D eigenvalue weighted by Crippen LogP contribution is -2.35. The Balaban J connectivity index is 1.72. The highest BCUT2D eigenvalue weighted by Crippen LogP contribution is 2.22. The van der Waals surface area contributed by atoms with E-state index in [1.807, 2.05) is 39.0 Å².